The van der Waals surface area contributed by atoms with Crippen molar-refractivity contribution >= 4 is 22.5 Å². The molecule has 1 fully saturated rings. The second kappa shape index (κ2) is 5.60. The number of phenolic OH excluding ortho intramolecular Hbond substituents is 1. The number of nitrogens with zero attached hydrogens (tertiary/aromatic N) is 2. The van der Waals surface area contributed by atoms with Crippen LogP contribution in [-0.4, -0.2) is 40.0 Å². The van der Waals surface area contributed by atoms with Gasteiger partial charge in [-0.25, -0.2) is 4.98 Å². The van der Waals surface area contributed by atoms with E-state index < -0.39 is 0 Å². The van der Waals surface area contributed by atoms with Gasteiger partial charge >= 0.3 is 0 Å². The SMILES string of the molecule is CC(Nc1nccc2ccc(O)cc12)C(=O)N1CCCC1. The highest BCUT2D eigenvalue weighted by Crippen LogP contribution is 2.25. The predicted molar refractivity (Wildman–Crippen MR) is 82.3 cm³/mol. The van der Waals surface area contributed by atoms with Gasteiger partial charge in [-0.05, 0) is 43.4 Å². The van der Waals surface area contributed by atoms with Crippen molar-refractivity contribution in [3.05, 3.63) is 30.5 Å². The Labute approximate surface area is 123 Å². The van der Waals surface area contributed by atoms with E-state index in [2.05, 4.69) is 10.3 Å². The quantitative estimate of drug-likeness (QED) is 0.908. The Kier molecular flexibility index (Phi) is 3.64. The number of nitrogens with one attached hydrogen (secondary N) is 1. The Morgan fingerprint density at radius 3 is 2.86 bits per heavy atom. The molecular weight excluding hydrogens is 266 g/mol. The summed E-state index contributed by atoms with van der Waals surface area (Å²) in [5.74, 6) is 0.923. The molecule has 0 aliphatic carbocycles. The van der Waals surface area contributed by atoms with Crippen molar-refractivity contribution in [3.8, 4) is 5.75 Å². The number of fused-ring (bicyclic) bond motifs is 1. The third kappa shape index (κ3) is 2.77. The summed E-state index contributed by atoms with van der Waals surface area (Å²) in [6, 6.07) is 6.70. The highest BCUT2D eigenvalue weighted by molar-refractivity contribution is 5.94. The lowest BCUT2D eigenvalue weighted by Crippen LogP contribution is -2.39. The van der Waals surface area contributed by atoms with Gasteiger partial charge in [0.2, 0.25) is 5.91 Å². The fourth-order valence-electron chi connectivity index (χ4n) is 2.75. The molecule has 1 aliphatic heterocycles. The molecule has 3 rings (SSSR count). The van der Waals surface area contributed by atoms with Gasteiger partial charge in [0, 0.05) is 24.7 Å². The van der Waals surface area contributed by atoms with Crippen molar-refractivity contribution < 1.29 is 9.90 Å². The fourth-order valence-corrected chi connectivity index (χ4v) is 2.75. The van der Waals surface area contributed by atoms with Gasteiger partial charge in [0.05, 0.1) is 0 Å². The van der Waals surface area contributed by atoms with Crippen LogP contribution in [0.5, 0.6) is 5.75 Å². The summed E-state index contributed by atoms with van der Waals surface area (Å²) in [6.45, 7) is 3.53. The van der Waals surface area contributed by atoms with Gasteiger partial charge in [0.25, 0.3) is 0 Å². The predicted octanol–water partition coefficient (Wildman–Crippen LogP) is 2.36. The number of hydrogen-bond acceptors (Lipinski definition) is 4. The number of benzene rings is 1. The molecule has 2 heterocycles. The maximum atomic E-state index is 12.3. The molecular formula is C16H19N3O2. The lowest BCUT2D eigenvalue weighted by atomic mass is 10.1. The summed E-state index contributed by atoms with van der Waals surface area (Å²) in [7, 11) is 0. The van der Waals surface area contributed by atoms with Crippen LogP contribution < -0.4 is 5.32 Å². The van der Waals surface area contributed by atoms with Crippen molar-refractivity contribution in [2.75, 3.05) is 18.4 Å². The van der Waals surface area contributed by atoms with Crippen LogP contribution in [0.1, 0.15) is 19.8 Å². The Hall–Kier alpha value is -2.30. The average Bonchev–Trinajstić information content (AvgIpc) is 3.01. The van der Waals surface area contributed by atoms with Gasteiger partial charge < -0.3 is 15.3 Å². The maximum absolute atomic E-state index is 12.3. The van der Waals surface area contributed by atoms with E-state index in [1.165, 1.54) is 0 Å². The van der Waals surface area contributed by atoms with Crippen molar-refractivity contribution in [2.45, 2.75) is 25.8 Å². The minimum Gasteiger partial charge on any atom is -0.508 e. The molecule has 1 aromatic heterocycles. The molecule has 5 nitrogen and oxygen atoms in total. The zero-order valence-electron chi connectivity index (χ0n) is 12.0. The third-order valence-electron chi connectivity index (χ3n) is 3.89. The fraction of sp³-hybridized carbons (Fsp3) is 0.375. The van der Waals surface area contributed by atoms with Crippen LogP contribution in [0.2, 0.25) is 0 Å². The first-order valence-electron chi connectivity index (χ1n) is 7.28. The summed E-state index contributed by atoms with van der Waals surface area (Å²) < 4.78 is 0. The van der Waals surface area contributed by atoms with Gasteiger partial charge in [-0.3, -0.25) is 4.79 Å². The van der Waals surface area contributed by atoms with E-state index >= 15 is 0 Å². The van der Waals surface area contributed by atoms with Gasteiger partial charge in [-0.15, -0.1) is 0 Å². The summed E-state index contributed by atoms with van der Waals surface area (Å²) >= 11 is 0. The second-order valence-electron chi connectivity index (χ2n) is 5.46. The zero-order chi connectivity index (χ0) is 14.8. The second-order valence-corrected chi connectivity index (χ2v) is 5.46. The molecule has 2 N–H and O–H groups in total. The molecule has 2 aromatic rings. The molecule has 0 saturated carbocycles. The number of carbonyl (C=O) groups excluding carboxylic acids is 1. The maximum Gasteiger partial charge on any atom is 0.244 e. The Morgan fingerprint density at radius 2 is 2.10 bits per heavy atom. The van der Waals surface area contributed by atoms with Crippen molar-refractivity contribution in [1.29, 1.82) is 0 Å². The molecule has 1 saturated heterocycles. The number of phenols is 1. The number of rotatable bonds is 3. The molecule has 0 spiro atoms. The number of pyridine rings is 1. The number of carbonyl (C=O) groups is 1. The van der Waals surface area contributed by atoms with E-state index in [-0.39, 0.29) is 17.7 Å². The van der Waals surface area contributed by atoms with Crippen LogP contribution in [0.3, 0.4) is 0 Å². The van der Waals surface area contributed by atoms with Crippen LogP contribution in [0, 0.1) is 0 Å². The molecule has 1 atom stereocenters. The van der Waals surface area contributed by atoms with Gasteiger partial charge in [-0.2, -0.15) is 0 Å². The summed E-state index contributed by atoms with van der Waals surface area (Å²) in [4.78, 5) is 18.5. The molecule has 1 unspecified atom stereocenters. The van der Waals surface area contributed by atoms with E-state index in [0.29, 0.717) is 5.82 Å². The first-order valence-corrected chi connectivity index (χ1v) is 7.28. The van der Waals surface area contributed by atoms with Crippen LogP contribution in [0.25, 0.3) is 10.8 Å². The molecule has 110 valence electrons. The topological polar surface area (TPSA) is 65.5 Å². The molecule has 0 radical (unpaired) electrons. The monoisotopic (exact) mass is 285 g/mol. The van der Waals surface area contributed by atoms with Crippen molar-refractivity contribution in [3.63, 3.8) is 0 Å². The van der Waals surface area contributed by atoms with Gasteiger partial charge in [0.1, 0.15) is 17.6 Å². The van der Waals surface area contributed by atoms with E-state index in [4.69, 9.17) is 0 Å². The highest BCUT2D eigenvalue weighted by Gasteiger charge is 2.23. The summed E-state index contributed by atoms with van der Waals surface area (Å²) in [6.07, 6.45) is 3.87. The zero-order valence-corrected chi connectivity index (χ0v) is 12.0. The smallest absolute Gasteiger partial charge is 0.244 e. The summed E-state index contributed by atoms with van der Waals surface area (Å²) in [5, 5.41) is 14.6. The molecule has 1 aliphatic rings. The molecule has 1 aromatic carbocycles. The van der Waals surface area contributed by atoms with E-state index in [1.54, 1.807) is 18.3 Å². The number of amides is 1. The van der Waals surface area contributed by atoms with E-state index in [1.807, 2.05) is 24.0 Å². The van der Waals surface area contributed by atoms with Crippen molar-refractivity contribution in [2.24, 2.45) is 0 Å². The molecule has 1 amide bonds. The normalized spacial score (nSPS) is 16.1. The lowest BCUT2D eigenvalue weighted by Gasteiger charge is -2.22. The number of aromatic nitrogens is 1. The molecule has 21 heavy (non-hydrogen) atoms. The Balaban J connectivity index is 1.83. The minimum absolute atomic E-state index is 0.103. The number of likely N-dealkylation sites (tertiary alicyclic amines) is 1. The number of anilines is 1. The summed E-state index contributed by atoms with van der Waals surface area (Å²) in [5.41, 5.74) is 0. The lowest BCUT2D eigenvalue weighted by molar-refractivity contribution is -0.130. The Morgan fingerprint density at radius 1 is 1.33 bits per heavy atom. The first kappa shape index (κ1) is 13.7. The Bertz CT molecular complexity index is 666. The standard InChI is InChI=1S/C16H19N3O2/c1-11(16(21)19-8-2-3-9-19)18-15-14-10-13(20)5-4-12(14)6-7-17-15/h4-7,10-11,20H,2-3,8-9H2,1H3,(H,17,18). The molecule has 5 heteroatoms. The largest absolute Gasteiger partial charge is 0.508 e. The van der Waals surface area contributed by atoms with Crippen molar-refractivity contribution in [1.82, 2.24) is 9.88 Å². The third-order valence-corrected chi connectivity index (χ3v) is 3.89. The number of aromatic hydroxyl groups is 1. The van der Waals surface area contributed by atoms with Crippen LogP contribution in [0.15, 0.2) is 30.5 Å². The first-order chi connectivity index (χ1) is 10.1. The van der Waals surface area contributed by atoms with Gasteiger partial charge in [-0.1, -0.05) is 6.07 Å². The van der Waals surface area contributed by atoms with Gasteiger partial charge in [0.15, 0.2) is 0 Å². The van der Waals surface area contributed by atoms with Crippen LogP contribution >= 0.6 is 0 Å². The number of hydrogen-bond donors (Lipinski definition) is 2. The minimum atomic E-state index is -0.330. The van der Waals surface area contributed by atoms with E-state index in [0.717, 1.165) is 36.7 Å². The molecule has 0 bridgehead atoms. The average molecular weight is 285 g/mol. The highest BCUT2D eigenvalue weighted by atomic mass is 16.3. The van der Waals surface area contributed by atoms with Crippen LogP contribution in [-0.2, 0) is 4.79 Å². The van der Waals surface area contributed by atoms with E-state index in [9.17, 15) is 9.90 Å². The van der Waals surface area contributed by atoms with Crippen LogP contribution in [0.4, 0.5) is 5.82 Å².